The van der Waals surface area contributed by atoms with E-state index in [-0.39, 0.29) is 23.8 Å². The molecular formula is C24H25FN4O2. The van der Waals surface area contributed by atoms with Crippen molar-refractivity contribution in [3.8, 4) is 0 Å². The number of nitrogens with one attached hydrogen (secondary N) is 1. The number of fused-ring (bicyclic) bond motifs is 1. The molecule has 7 heteroatoms. The third-order valence-corrected chi connectivity index (χ3v) is 5.47. The zero-order valence-corrected chi connectivity index (χ0v) is 17.5. The summed E-state index contributed by atoms with van der Waals surface area (Å²) in [6, 6.07) is 15.7. The van der Waals surface area contributed by atoms with Crippen LogP contribution >= 0.6 is 0 Å². The van der Waals surface area contributed by atoms with Crippen LogP contribution in [0.25, 0.3) is 0 Å². The molecule has 1 aliphatic heterocycles. The van der Waals surface area contributed by atoms with Crippen molar-refractivity contribution in [2.45, 2.75) is 39.4 Å². The average molecular weight is 420 g/mol. The molecule has 6 nitrogen and oxygen atoms in total. The largest absolute Gasteiger partial charge is 0.325 e. The van der Waals surface area contributed by atoms with Gasteiger partial charge in [0.15, 0.2) is 0 Å². The van der Waals surface area contributed by atoms with Crippen LogP contribution in [0.4, 0.5) is 10.1 Å². The minimum absolute atomic E-state index is 0.127. The molecule has 1 aromatic heterocycles. The number of carbonyl (C=O) groups is 1. The summed E-state index contributed by atoms with van der Waals surface area (Å²) in [7, 11) is 0. The predicted molar refractivity (Wildman–Crippen MR) is 117 cm³/mol. The van der Waals surface area contributed by atoms with Crippen molar-refractivity contribution in [1.82, 2.24) is 14.5 Å². The van der Waals surface area contributed by atoms with Crippen LogP contribution in [0.1, 0.15) is 29.6 Å². The number of amides is 1. The van der Waals surface area contributed by atoms with Crippen LogP contribution in [0.2, 0.25) is 0 Å². The van der Waals surface area contributed by atoms with Crippen LogP contribution in [0, 0.1) is 5.82 Å². The smallest absolute Gasteiger partial charge is 0.258 e. The van der Waals surface area contributed by atoms with E-state index in [2.05, 4.69) is 22.3 Å². The van der Waals surface area contributed by atoms with Gasteiger partial charge in [0, 0.05) is 38.2 Å². The van der Waals surface area contributed by atoms with Crippen LogP contribution in [-0.4, -0.2) is 26.9 Å². The van der Waals surface area contributed by atoms with Gasteiger partial charge >= 0.3 is 0 Å². The van der Waals surface area contributed by atoms with Gasteiger partial charge < -0.3 is 5.32 Å². The van der Waals surface area contributed by atoms with Crippen molar-refractivity contribution in [2.75, 3.05) is 11.9 Å². The maximum atomic E-state index is 13.3. The first-order valence-corrected chi connectivity index (χ1v) is 10.5. The maximum absolute atomic E-state index is 13.3. The van der Waals surface area contributed by atoms with Gasteiger partial charge in [-0.3, -0.25) is 19.1 Å². The Balaban J connectivity index is 1.54. The Morgan fingerprint density at radius 3 is 2.58 bits per heavy atom. The molecule has 1 N–H and O–H groups in total. The van der Waals surface area contributed by atoms with Gasteiger partial charge in [-0.15, -0.1) is 0 Å². The third kappa shape index (κ3) is 4.88. The monoisotopic (exact) mass is 420 g/mol. The second-order valence-electron chi connectivity index (χ2n) is 7.70. The number of rotatable bonds is 6. The van der Waals surface area contributed by atoms with Crippen LogP contribution in [0.5, 0.6) is 0 Å². The number of carbonyl (C=O) groups excluding carboxylic acids is 1. The van der Waals surface area contributed by atoms with Crippen molar-refractivity contribution in [2.24, 2.45) is 0 Å². The van der Waals surface area contributed by atoms with Gasteiger partial charge in [0.05, 0.1) is 11.3 Å². The molecule has 0 spiro atoms. The standard InChI is InChI=1S/C24H25FN4O2/c1-2-22-27-21-12-13-28(14-17-6-4-3-5-7-17)15-20(21)24(31)29(22)16-23(30)26-19-10-8-18(25)9-11-19/h3-11H,2,12-16H2,1H3,(H,26,30). The number of hydrogen-bond donors (Lipinski definition) is 1. The predicted octanol–water partition coefficient (Wildman–Crippen LogP) is 3.14. The average Bonchev–Trinajstić information content (AvgIpc) is 2.78. The molecule has 4 rings (SSSR count). The van der Waals surface area contributed by atoms with Gasteiger partial charge in [-0.1, -0.05) is 37.3 Å². The summed E-state index contributed by atoms with van der Waals surface area (Å²) >= 11 is 0. The van der Waals surface area contributed by atoms with E-state index in [4.69, 9.17) is 4.98 Å². The first kappa shape index (κ1) is 20.9. The zero-order valence-electron chi connectivity index (χ0n) is 17.5. The summed E-state index contributed by atoms with van der Waals surface area (Å²) in [5.41, 5.74) is 3.02. The molecule has 0 radical (unpaired) electrons. The lowest BCUT2D eigenvalue weighted by Gasteiger charge is -2.28. The summed E-state index contributed by atoms with van der Waals surface area (Å²) in [4.78, 5) is 32.8. The number of halogens is 1. The fraction of sp³-hybridized carbons (Fsp3) is 0.292. The first-order chi connectivity index (χ1) is 15.0. The number of aromatic nitrogens is 2. The number of aryl methyl sites for hydroxylation is 1. The highest BCUT2D eigenvalue weighted by molar-refractivity contribution is 5.90. The van der Waals surface area contributed by atoms with Crippen LogP contribution in [0.3, 0.4) is 0 Å². The second kappa shape index (κ2) is 9.22. The molecule has 3 aromatic rings. The molecule has 0 fully saturated rings. The van der Waals surface area contributed by atoms with Gasteiger partial charge in [-0.2, -0.15) is 0 Å². The quantitative estimate of drug-likeness (QED) is 0.665. The normalized spacial score (nSPS) is 13.6. The molecule has 0 saturated heterocycles. The number of anilines is 1. The topological polar surface area (TPSA) is 67.2 Å². The molecule has 0 unspecified atom stereocenters. The molecule has 0 aliphatic carbocycles. The van der Waals surface area contributed by atoms with E-state index in [1.54, 1.807) is 0 Å². The van der Waals surface area contributed by atoms with Gasteiger partial charge in [0.25, 0.3) is 5.56 Å². The third-order valence-electron chi connectivity index (χ3n) is 5.47. The SMILES string of the molecule is CCc1nc2c(c(=O)n1CC(=O)Nc1ccc(F)cc1)CN(Cc1ccccc1)CC2. The van der Waals surface area contributed by atoms with Crippen LogP contribution in [0.15, 0.2) is 59.4 Å². The van der Waals surface area contributed by atoms with E-state index in [1.165, 1.54) is 34.4 Å². The summed E-state index contributed by atoms with van der Waals surface area (Å²) < 4.78 is 14.5. The number of benzene rings is 2. The number of hydrogen-bond acceptors (Lipinski definition) is 4. The highest BCUT2D eigenvalue weighted by Gasteiger charge is 2.24. The molecule has 0 atom stereocenters. The molecule has 0 bridgehead atoms. The summed E-state index contributed by atoms with van der Waals surface area (Å²) in [5, 5.41) is 2.71. The van der Waals surface area contributed by atoms with E-state index in [0.29, 0.717) is 36.5 Å². The summed E-state index contributed by atoms with van der Waals surface area (Å²) in [5.74, 6) is -0.113. The highest BCUT2D eigenvalue weighted by Crippen LogP contribution is 2.17. The molecule has 1 aliphatic rings. The molecule has 1 amide bonds. The van der Waals surface area contributed by atoms with Gasteiger partial charge in [-0.25, -0.2) is 9.37 Å². The van der Waals surface area contributed by atoms with E-state index in [9.17, 15) is 14.0 Å². The fourth-order valence-corrected chi connectivity index (χ4v) is 3.91. The lowest BCUT2D eigenvalue weighted by atomic mass is 10.1. The zero-order chi connectivity index (χ0) is 21.8. The molecule has 160 valence electrons. The maximum Gasteiger partial charge on any atom is 0.258 e. The Morgan fingerprint density at radius 2 is 1.87 bits per heavy atom. The Labute approximate surface area is 180 Å². The molecule has 31 heavy (non-hydrogen) atoms. The minimum atomic E-state index is -0.374. The van der Waals surface area contributed by atoms with E-state index < -0.39 is 0 Å². The number of nitrogens with zero attached hydrogens (tertiary/aromatic N) is 3. The molecular weight excluding hydrogens is 395 g/mol. The van der Waals surface area contributed by atoms with Gasteiger partial charge in [0.1, 0.15) is 18.2 Å². The summed E-state index contributed by atoms with van der Waals surface area (Å²) in [6.07, 6.45) is 1.27. The van der Waals surface area contributed by atoms with Gasteiger partial charge in [-0.05, 0) is 29.8 Å². The highest BCUT2D eigenvalue weighted by atomic mass is 19.1. The first-order valence-electron chi connectivity index (χ1n) is 10.5. The Kier molecular flexibility index (Phi) is 6.23. The molecule has 2 heterocycles. The second-order valence-corrected chi connectivity index (χ2v) is 7.70. The van der Waals surface area contributed by atoms with Crippen molar-refractivity contribution in [3.63, 3.8) is 0 Å². The van der Waals surface area contributed by atoms with Crippen molar-refractivity contribution in [1.29, 1.82) is 0 Å². The molecule has 0 saturated carbocycles. The summed E-state index contributed by atoms with van der Waals surface area (Å²) in [6.45, 7) is 3.91. The van der Waals surface area contributed by atoms with Crippen molar-refractivity contribution < 1.29 is 9.18 Å². The lowest BCUT2D eigenvalue weighted by molar-refractivity contribution is -0.116. The van der Waals surface area contributed by atoms with E-state index >= 15 is 0 Å². The Hall–Kier alpha value is -3.32. The Morgan fingerprint density at radius 1 is 1.13 bits per heavy atom. The van der Waals surface area contributed by atoms with Crippen LogP contribution in [-0.2, 0) is 37.3 Å². The van der Waals surface area contributed by atoms with E-state index in [0.717, 1.165) is 18.8 Å². The van der Waals surface area contributed by atoms with E-state index in [1.807, 2.05) is 25.1 Å². The van der Waals surface area contributed by atoms with Crippen molar-refractivity contribution in [3.05, 3.63) is 93.4 Å². The minimum Gasteiger partial charge on any atom is -0.325 e. The lowest BCUT2D eigenvalue weighted by Crippen LogP contribution is -2.40. The van der Waals surface area contributed by atoms with Crippen molar-refractivity contribution >= 4 is 11.6 Å². The van der Waals surface area contributed by atoms with Gasteiger partial charge in [0.2, 0.25) is 5.91 Å². The van der Waals surface area contributed by atoms with Crippen LogP contribution < -0.4 is 10.9 Å². The fourth-order valence-electron chi connectivity index (χ4n) is 3.91. The molecule has 2 aromatic carbocycles. The Bertz CT molecular complexity index is 1130.